The fourth-order valence-corrected chi connectivity index (χ4v) is 2.27. The Labute approximate surface area is 112 Å². The number of benzene rings is 1. The van der Waals surface area contributed by atoms with Gasteiger partial charge in [0.15, 0.2) is 0 Å². The van der Waals surface area contributed by atoms with Gasteiger partial charge in [-0.1, -0.05) is 11.2 Å². The van der Waals surface area contributed by atoms with Gasteiger partial charge in [-0.25, -0.2) is 0 Å². The predicted octanol–water partition coefficient (Wildman–Crippen LogP) is 1.99. The summed E-state index contributed by atoms with van der Waals surface area (Å²) in [6.45, 7) is 2.57. The summed E-state index contributed by atoms with van der Waals surface area (Å²) in [4.78, 5) is 2.29. The lowest BCUT2D eigenvalue weighted by atomic mass is 10.1. The first-order valence-corrected chi connectivity index (χ1v) is 6.26. The van der Waals surface area contributed by atoms with Gasteiger partial charge < -0.3 is 9.94 Å². The van der Waals surface area contributed by atoms with E-state index >= 15 is 0 Å². The van der Waals surface area contributed by atoms with Gasteiger partial charge in [-0.2, -0.15) is 5.26 Å². The topological polar surface area (TPSA) is 68.8 Å². The van der Waals surface area contributed by atoms with E-state index in [4.69, 9.17) is 15.2 Å². The van der Waals surface area contributed by atoms with Crippen LogP contribution in [0.15, 0.2) is 23.4 Å². The van der Waals surface area contributed by atoms with Crippen LogP contribution in [0.2, 0.25) is 0 Å². The summed E-state index contributed by atoms with van der Waals surface area (Å²) in [5.74, 6) is 0.611. The van der Waals surface area contributed by atoms with E-state index in [1.807, 2.05) is 18.2 Å². The van der Waals surface area contributed by atoms with Gasteiger partial charge in [-0.3, -0.25) is 4.90 Å². The second-order valence-electron chi connectivity index (χ2n) is 4.59. The van der Waals surface area contributed by atoms with E-state index in [1.165, 1.54) is 0 Å². The molecule has 1 heterocycles. The molecule has 1 aliphatic heterocycles. The summed E-state index contributed by atoms with van der Waals surface area (Å²) >= 11 is 0. The Bertz CT molecular complexity index is 510. The normalized spacial score (nSPS) is 15.9. The molecule has 5 nitrogen and oxygen atoms in total. The van der Waals surface area contributed by atoms with Crippen LogP contribution in [0.25, 0.3) is 0 Å². The molecule has 0 unspecified atom stereocenters. The summed E-state index contributed by atoms with van der Waals surface area (Å²) in [6.07, 6.45) is 1.61. The number of methoxy groups -OCH3 is 1. The summed E-state index contributed by atoms with van der Waals surface area (Å²) in [7, 11) is 1.57. The average Bonchev–Trinajstić information content (AvgIpc) is 2.48. The number of piperidine rings is 1. The van der Waals surface area contributed by atoms with Crippen molar-refractivity contribution in [3.63, 3.8) is 0 Å². The van der Waals surface area contributed by atoms with Gasteiger partial charge in [-0.15, -0.1) is 0 Å². The third-order valence-electron chi connectivity index (χ3n) is 3.37. The Hall–Kier alpha value is -2.06. The maximum atomic E-state index is 9.06. The third-order valence-corrected chi connectivity index (χ3v) is 3.37. The molecule has 1 aromatic rings. The minimum absolute atomic E-state index is 0.564. The fraction of sp³-hybridized carbons (Fsp3) is 0.429. The number of ether oxygens (including phenoxy) is 1. The van der Waals surface area contributed by atoms with E-state index in [1.54, 1.807) is 7.11 Å². The molecule has 19 heavy (non-hydrogen) atoms. The third kappa shape index (κ3) is 3.24. The van der Waals surface area contributed by atoms with E-state index in [0.29, 0.717) is 11.3 Å². The Balaban J connectivity index is 2.02. The number of nitriles is 1. The van der Waals surface area contributed by atoms with Crippen molar-refractivity contribution in [2.75, 3.05) is 20.2 Å². The lowest BCUT2D eigenvalue weighted by Crippen LogP contribution is -2.33. The summed E-state index contributed by atoms with van der Waals surface area (Å²) < 4.78 is 5.13. The number of hydrogen-bond acceptors (Lipinski definition) is 5. The molecule has 2 rings (SSSR count). The molecule has 0 atom stereocenters. The van der Waals surface area contributed by atoms with Crippen LogP contribution >= 0.6 is 0 Å². The van der Waals surface area contributed by atoms with Crippen LogP contribution in [0.3, 0.4) is 0 Å². The Morgan fingerprint density at radius 1 is 1.42 bits per heavy atom. The Morgan fingerprint density at radius 2 is 2.16 bits per heavy atom. The highest BCUT2D eigenvalue weighted by molar-refractivity contribution is 5.84. The molecule has 0 bridgehead atoms. The van der Waals surface area contributed by atoms with Crippen LogP contribution in [0.1, 0.15) is 24.0 Å². The van der Waals surface area contributed by atoms with Crippen molar-refractivity contribution in [3.8, 4) is 11.8 Å². The van der Waals surface area contributed by atoms with Crippen molar-refractivity contribution < 1.29 is 9.94 Å². The van der Waals surface area contributed by atoms with Gasteiger partial charge in [0.2, 0.25) is 0 Å². The molecule has 0 amide bonds. The molecular weight excluding hydrogens is 242 g/mol. The second-order valence-corrected chi connectivity index (χ2v) is 4.59. The molecular formula is C14H17N3O2. The molecule has 1 aliphatic rings. The van der Waals surface area contributed by atoms with Gasteiger partial charge >= 0.3 is 0 Å². The quantitative estimate of drug-likeness (QED) is 0.665. The molecule has 0 spiro atoms. The van der Waals surface area contributed by atoms with Crippen molar-refractivity contribution in [2.45, 2.75) is 19.4 Å². The van der Waals surface area contributed by atoms with Gasteiger partial charge in [0.05, 0.1) is 18.4 Å². The van der Waals surface area contributed by atoms with E-state index in [9.17, 15) is 0 Å². The fourth-order valence-electron chi connectivity index (χ4n) is 2.27. The van der Waals surface area contributed by atoms with Crippen molar-refractivity contribution in [2.24, 2.45) is 5.16 Å². The number of nitrogens with zero attached hydrogens (tertiary/aromatic N) is 3. The first kappa shape index (κ1) is 13.4. The van der Waals surface area contributed by atoms with Crippen LogP contribution in [-0.2, 0) is 6.54 Å². The van der Waals surface area contributed by atoms with Crippen LogP contribution in [0, 0.1) is 11.3 Å². The molecule has 0 radical (unpaired) electrons. The minimum atomic E-state index is 0.564. The number of oxime groups is 1. The standard InChI is InChI=1S/C14H17N3O2/c1-19-14-3-2-11(8-12(14)9-15)10-17-6-4-13(16-18)5-7-17/h2-3,8,18H,4-7,10H2,1H3. The molecule has 0 saturated carbocycles. The highest BCUT2D eigenvalue weighted by Crippen LogP contribution is 2.20. The molecule has 5 heteroatoms. The van der Waals surface area contributed by atoms with E-state index in [0.717, 1.165) is 43.8 Å². The maximum Gasteiger partial charge on any atom is 0.136 e. The van der Waals surface area contributed by atoms with Crippen LogP contribution in [-0.4, -0.2) is 36.0 Å². The lowest BCUT2D eigenvalue weighted by molar-refractivity contribution is 0.256. The van der Waals surface area contributed by atoms with Crippen LogP contribution in [0.4, 0.5) is 0 Å². The first-order chi connectivity index (χ1) is 9.26. The molecule has 1 aromatic carbocycles. The zero-order valence-corrected chi connectivity index (χ0v) is 11.0. The van der Waals surface area contributed by atoms with E-state index < -0.39 is 0 Å². The highest BCUT2D eigenvalue weighted by Gasteiger charge is 2.16. The average molecular weight is 259 g/mol. The number of rotatable bonds is 3. The van der Waals surface area contributed by atoms with E-state index in [-0.39, 0.29) is 0 Å². The van der Waals surface area contributed by atoms with Crippen LogP contribution < -0.4 is 4.74 Å². The molecule has 0 aliphatic carbocycles. The summed E-state index contributed by atoms with van der Waals surface area (Å²) in [5, 5.41) is 21.0. The molecule has 1 fully saturated rings. The number of hydrogen-bond donors (Lipinski definition) is 1. The SMILES string of the molecule is COc1ccc(CN2CCC(=NO)CC2)cc1C#N. The van der Waals surface area contributed by atoms with E-state index in [2.05, 4.69) is 16.1 Å². The minimum Gasteiger partial charge on any atom is -0.495 e. The zero-order valence-electron chi connectivity index (χ0n) is 11.0. The van der Waals surface area contributed by atoms with Crippen molar-refractivity contribution in [1.82, 2.24) is 4.90 Å². The molecule has 0 aromatic heterocycles. The Kier molecular flexibility index (Phi) is 4.37. The molecule has 1 saturated heterocycles. The first-order valence-electron chi connectivity index (χ1n) is 6.26. The largest absolute Gasteiger partial charge is 0.495 e. The highest BCUT2D eigenvalue weighted by atomic mass is 16.5. The smallest absolute Gasteiger partial charge is 0.136 e. The van der Waals surface area contributed by atoms with Crippen molar-refractivity contribution in [3.05, 3.63) is 29.3 Å². The van der Waals surface area contributed by atoms with Gasteiger partial charge in [-0.05, 0) is 17.7 Å². The van der Waals surface area contributed by atoms with Crippen molar-refractivity contribution >= 4 is 5.71 Å². The van der Waals surface area contributed by atoms with Gasteiger partial charge in [0.1, 0.15) is 11.8 Å². The Morgan fingerprint density at radius 3 is 2.74 bits per heavy atom. The summed E-state index contributed by atoms with van der Waals surface area (Å²) in [6, 6.07) is 7.83. The second kappa shape index (κ2) is 6.21. The summed E-state index contributed by atoms with van der Waals surface area (Å²) in [5.41, 5.74) is 2.53. The van der Waals surface area contributed by atoms with Gasteiger partial charge in [0.25, 0.3) is 0 Å². The lowest BCUT2D eigenvalue weighted by Gasteiger charge is -2.27. The maximum absolute atomic E-state index is 9.06. The van der Waals surface area contributed by atoms with Gasteiger partial charge in [0, 0.05) is 32.5 Å². The molecule has 100 valence electrons. The van der Waals surface area contributed by atoms with Crippen molar-refractivity contribution in [1.29, 1.82) is 5.26 Å². The zero-order chi connectivity index (χ0) is 13.7. The monoisotopic (exact) mass is 259 g/mol. The number of likely N-dealkylation sites (tertiary alicyclic amines) is 1. The molecule has 1 N–H and O–H groups in total. The predicted molar refractivity (Wildman–Crippen MR) is 71.4 cm³/mol. The van der Waals surface area contributed by atoms with Crippen LogP contribution in [0.5, 0.6) is 5.75 Å².